The van der Waals surface area contributed by atoms with Crippen LogP contribution in [0.15, 0.2) is 16.7 Å². The van der Waals surface area contributed by atoms with Gasteiger partial charge in [-0.15, -0.1) is 0 Å². The normalized spacial score (nSPS) is 21.3. The lowest BCUT2D eigenvalue weighted by Crippen LogP contribution is -2.31. The summed E-state index contributed by atoms with van der Waals surface area (Å²) in [6.45, 7) is 1.92. The van der Waals surface area contributed by atoms with Crippen molar-refractivity contribution in [2.45, 2.75) is 76.5 Å². The average molecular weight is 276 g/mol. The van der Waals surface area contributed by atoms with Gasteiger partial charge in [-0.2, -0.15) is 0 Å². The molecule has 0 spiro atoms. The molecule has 0 aromatic carbocycles. The van der Waals surface area contributed by atoms with Crippen LogP contribution >= 0.6 is 0 Å². The van der Waals surface area contributed by atoms with E-state index in [9.17, 15) is 0 Å². The Bertz CT molecular complexity index is 403. The first kappa shape index (κ1) is 14.2. The molecule has 2 fully saturated rings. The van der Waals surface area contributed by atoms with Crippen LogP contribution in [0.3, 0.4) is 0 Å². The van der Waals surface area contributed by atoms with Gasteiger partial charge in [-0.25, -0.2) is 0 Å². The smallest absolute Gasteiger partial charge is 0.122 e. The first-order valence-corrected chi connectivity index (χ1v) is 8.32. The van der Waals surface area contributed by atoms with Crippen LogP contribution in [0.25, 0.3) is 0 Å². The van der Waals surface area contributed by atoms with Crippen molar-refractivity contribution in [3.8, 4) is 0 Å². The fourth-order valence-corrected chi connectivity index (χ4v) is 3.26. The van der Waals surface area contributed by atoms with E-state index >= 15 is 0 Å². The second-order valence-electron chi connectivity index (χ2n) is 6.58. The van der Waals surface area contributed by atoms with Crippen molar-refractivity contribution >= 4 is 0 Å². The molecule has 2 aliphatic rings. The summed E-state index contributed by atoms with van der Waals surface area (Å²) >= 11 is 0. The van der Waals surface area contributed by atoms with Crippen molar-refractivity contribution in [3.05, 3.63) is 23.7 Å². The summed E-state index contributed by atoms with van der Waals surface area (Å²) < 4.78 is 5.73. The molecule has 112 valence electrons. The lowest BCUT2D eigenvalue weighted by molar-refractivity contribution is 0.197. The van der Waals surface area contributed by atoms with Gasteiger partial charge in [0.25, 0.3) is 0 Å². The Morgan fingerprint density at radius 1 is 1.15 bits per heavy atom. The summed E-state index contributed by atoms with van der Waals surface area (Å²) in [6, 6.07) is 3.63. The fraction of sp³-hybridized carbons (Fsp3) is 0.765. The van der Waals surface area contributed by atoms with Crippen LogP contribution in [0.1, 0.15) is 62.7 Å². The van der Waals surface area contributed by atoms with Crippen LogP contribution in [0.5, 0.6) is 0 Å². The van der Waals surface area contributed by atoms with Gasteiger partial charge in [0, 0.05) is 24.2 Å². The van der Waals surface area contributed by atoms with E-state index in [0.717, 1.165) is 30.9 Å². The second-order valence-corrected chi connectivity index (χ2v) is 6.58. The molecule has 0 aliphatic heterocycles. The average Bonchev–Trinajstić information content (AvgIpc) is 3.23. The Morgan fingerprint density at radius 3 is 2.60 bits per heavy atom. The topological polar surface area (TPSA) is 28.4 Å². The van der Waals surface area contributed by atoms with Crippen molar-refractivity contribution in [2.75, 3.05) is 7.05 Å². The van der Waals surface area contributed by atoms with Gasteiger partial charge in [-0.3, -0.25) is 4.90 Å². The first-order valence-electron chi connectivity index (χ1n) is 8.32. The molecule has 1 aromatic heterocycles. The zero-order chi connectivity index (χ0) is 13.8. The Balaban J connectivity index is 1.54. The van der Waals surface area contributed by atoms with Crippen molar-refractivity contribution < 1.29 is 4.42 Å². The Hall–Kier alpha value is -0.800. The molecular weight excluding hydrogens is 248 g/mol. The Kier molecular flexibility index (Phi) is 4.79. The van der Waals surface area contributed by atoms with E-state index in [4.69, 9.17) is 4.42 Å². The van der Waals surface area contributed by atoms with E-state index in [2.05, 4.69) is 23.3 Å². The van der Waals surface area contributed by atoms with E-state index in [-0.39, 0.29) is 0 Å². The monoisotopic (exact) mass is 276 g/mol. The van der Waals surface area contributed by atoms with Crippen LogP contribution in [0, 0.1) is 0 Å². The molecule has 0 radical (unpaired) electrons. The zero-order valence-corrected chi connectivity index (χ0v) is 12.7. The highest BCUT2D eigenvalue weighted by atomic mass is 16.3. The maximum atomic E-state index is 5.73. The highest BCUT2D eigenvalue weighted by Gasteiger charge is 2.22. The minimum atomic E-state index is 0.742. The SMILES string of the molecule is CN(Cc1occc1CNC1CC1)C1CCCCCC1. The third kappa shape index (κ3) is 3.86. The molecule has 0 unspecified atom stereocenters. The van der Waals surface area contributed by atoms with Gasteiger partial charge in [-0.05, 0) is 38.8 Å². The highest BCUT2D eigenvalue weighted by molar-refractivity contribution is 5.17. The maximum Gasteiger partial charge on any atom is 0.122 e. The highest BCUT2D eigenvalue weighted by Crippen LogP contribution is 2.24. The summed E-state index contributed by atoms with van der Waals surface area (Å²) in [5.74, 6) is 1.16. The van der Waals surface area contributed by atoms with Crippen molar-refractivity contribution in [2.24, 2.45) is 0 Å². The quantitative estimate of drug-likeness (QED) is 0.803. The first-order chi connectivity index (χ1) is 9.83. The lowest BCUT2D eigenvalue weighted by atomic mass is 10.1. The number of nitrogens with zero attached hydrogens (tertiary/aromatic N) is 1. The van der Waals surface area contributed by atoms with Crippen LogP contribution < -0.4 is 5.32 Å². The molecule has 1 N–H and O–H groups in total. The third-order valence-electron chi connectivity index (χ3n) is 4.84. The van der Waals surface area contributed by atoms with Gasteiger partial charge in [0.2, 0.25) is 0 Å². The van der Waals surface area contributed by atoms with Gasteiger partial charge in [0.05, 0.1) is 12.8 Å². The maximum absolute atomic E-state index is 5.73. The van der Waals surface area contributed by atoms with E-state index in [1.54, 1.807) is 0 Å². The summed E-state index contributed by atoms with van der Waals surface area (Å²) in [4.78, 5) is 2.50. The van der Waals surface area contributed by atoms with Gasteiger partial charge < -0.3 is 9.73 Å². The van der Waals surface area contributed by atoms with Crippen LogP contribution in [-0.4, -0.2) is 24.0 Å². The number of rotatable bonds is 6. The Morgan fingerprint density at radius 2 is 1.90 bits per heavy atom. The predicted molar refractivity (Wildman–Crippen MR) is 81.5 cm³/mol. The standard InChI is InChI=1S/C17H28N2O/c1-19(16-6-4-2-3-5-7-16)13-17-14(10-11-20-17)12-18-15-8-9-15/h10-11,15-16,18H,2-9,12-13H2,1H3. The fourth-order valence-electron chi connectivity index (χ4n) is 3.26. The number of hydrogen-bond donors (Lipinski definition) is 1. The molecule has 2 saturated carbocycles. The molecule has 0 amide bonds. The Labute approximate surface area is 122 Å². The van der Waals surface area contributed by atoms with E-state index in [1.165, 1.54) is 56.9 Å². The minimum Gasteiger partial charge on any atom is -0.468 e. The summed E-state index contributed by atoms with van der Waals surface area (Å²) in [6.07, 6.45) is 12.9. The van der Waals surface area contributed by atoms with Gasteiger partial charge in [0.15, 0.2) is 0 Å². The minimum absolute atomic E-state index is 0.742. The van der Waals surface area contributed by atoms with Crippen molar-refractivity contribution in [3.63, 3.8) is 0 Å². The van der Waals surface area contributed by atoms with E-state index < -0.39 is 0 Å². The number of hydrogen-bond acceptors (Lipinski definition) is 3. The molecule has 2 aliphatic carbocycles. The molecule has 0 bridgehead atoms. The van der Waals surface area contributed by atoms with Crippen LogP contribution in [-0.2, 0) is 13.1 Å². The summed E-state index contributed by atoms with van der Waals surface area (Å²) in [5, 5.41) is 3.58. The van der Waals surface area contributed by atoms with Crippen LogP contribution in [0.2, 0.25) is 0 Å². The summed E-state index contributed by atoms with van der Waals surface area (Å²) in [7, 11) is 2.26. The molecule has 0 saturated heterocycles. The third-order valence-corrected chi connectivity index (χ3v) is 4.84. The molecule has 0 atom stereocenters. The number of furan rings is 1. The molecule has 20 heavy (non-hydrogen) atoms. The lowest BCUT2D eigenvalue weighted by Gasteiger charge is -2.26. The van der Waals surface area contributed by atoms with Crippen molar-refractivity contribution in [1.82, 2.24) is 10.2 Å². The van der Waals surface area contributed by atoms with Gasteiger partial charge >= 0.3 is 0 Å². The molecule has 1 aromatic rings. The summed E-state index contributed by atoms with van der Waals surface area (Å²) in [5.41, 5.74) is 1.34. The molecule has 3 heteroatoms. The van der Waals surface area contributed by atoms with E-state index in [0.29, 0.717) is 0 Å². The predicted octanol–water partition coefficient (Wildman–Crippen LogP) is 3.69. The largest absolute Gasteiger partial charge is 0.468 e. The van der Waals surface area contributed by atoms with Gasteiger partial charge in [0.1, 0.15) is 5.76 Å². The van der Waals surface area contributed by atoms with Crippen molar-refractivity contribution in [1.29, 1.82) is 0 Å². The van der Waals surface area contributed by atoms with Crippen LogP contribution in [0.4, 0.5) is 0 Å². The molecule has 3 rings (SSSR count). The zero-order valence-electron chi connectivity index (χ0n) is 12.7. The van der Waals surface area contributed by atoms with Gasteiger partial charge in [-0.1, -0.05) is 25.7 Å². The number of nitrogens with one attached hydrogen (secondary N) is 1. The molecule has 1 heterocycles. The molecule has 3 nitrogen and oxygen atoms in total. The van der Waals surface area contributed by atoms with E-state index in [1.807, 2.05) is 6.26 Å². The molecular formula is C17H28N2O. The second kappa shape index (κ2) is 6.77.